The Balaban J connectivity index is 0.000000207. The summed E-state index contributed by atoms with van der Waals surface area (Å²) in [5.41, 5.74) is 18.9. The molecule has 5 aliphatic rings. The number of aryl methyl sites for hydroxylation is 4. The van der Waals surface area contributed by atoms with Crippen LogP contribution in [0.2, 0.25) is 0 Å². The fourth-order valence-corrected chi connectivity index (χ4v) is 14.5. The third-order valence-electron chi connectivity index (χ3n) is 21.7. The molecule has 0 aromatic carbocycles. The Bertz CT molecular complexity index is 5620. The average Bonchev–Trinajstić information content (AvgIpc) is 1.62. The van der Waals surface area contributed by atoms with Gasteiger partial charge in [0, 0.05) is 231 Å². The van der Waals surface area contributed by atoms with Crippen LogP contribution in [0, 0.1) is 0 Å². The monoisotopic (exact) mass is 2060 g/mol. The van der Waals surface area contributed by atoms with Crippen LogP contribution in [0.4, 0.5) is 37.7 Å². The Hall–Kier alpha value is -11.7. The van der Waals surface area contributed by atoms with E-state index in [0.717, 1.165) is 156 Å². The van der Waals surface area contributed by atoms with Crippen molar-refractivity contribution in [1.82, 2.24) is 69.4 Å². The minimum Gasteiger partial charge on any atom is -0.443 e. The maximum Gasteiger partial charge on any atom is 0.496 e. The van der Waals surface area contributed by atoms with E-state index in [1.807, 2.05) is 124 Å². The minimum atomic E-state index is -0.556. The third kappa shape index (κ3) is 36.2. The number of nitrogens with one attached hydrogen (secondary N) is 1. The maximum absolute atomic E-state index is 12.6. The molecule has 14 rings (SSSR count). The van der Waals surface area contributed by atoms with Gasteiger partial charge in [-0.25, -0.2) is 34.3 Å². The quantitative estimate of drug-likeness (QED) is 0.0419. The van der Waals surface area contributed by atoms with Crippen molar-refractivity contribution < 1.29 is 81.2 Å². The molecule has 1 fully saturated rings. The van der Waals surface area contributed by atoms with E-state index in [2.05, 4.69) is 94.2 Å². The highest BCUT2D eigenvalue weighted by Gasteiger charge is 2.52. The van der Waals surface area contributed by atoms with Crippen LogP contribution in [-0.2, 0) is 120 Å². The molecule has 36 nitrogen and oxygen atoms in total. The van der Waals surface area contributed by atoms with E-state index in [1.165, 1.54) is 35.0 Å². The minimum absolute atomic E-state index is 0.0259. The molecule has 0 bridgehead atoms. The Morgan fingerprint density at radius 1 is 0.424 bits per heavy atom. The normalized spacial score (nSPS) is 14.0. The number of urea groups is 1. The van der Waals surface area contributed by atoms with Gasteiger partial charge in [-0.2, -0.15) is 0 Å². The van der Waals surface area contributed by atoms with E-state index in [9.17, 15) is 38.4 Å². The number of aliphatic hydroxyl groups excluding tert-OH is 1. The van der Waals surface area contributed by atoms with Crippen LogP contribution >= 0.6 is 43.5 Å². The van der Waals surface area contributed by atoms with Crippen LogP contribution in [-0.4, -0.2) is 281 Å². The number of hydrogen-bond donors (Lipinski definition) is 3. The molecule has 748 valence electrons. The first-order valence-electron chi connectivity index (χ1n) is 45.4. The molecule has 0 atom stereocenters. The standard InChI is InChI=1S/C23H30N4O4.C19H29BN2O4.C19H23N5O3.C18H22N4O2.C10H13BrN2O2.C6H6BrNO.C4H8ClNO/c1-23(2,3)31-22(29)27-8-6-7-17-10-19(13-25-21(17)27)18-9-16(11-24-12-18)14-30-15-20(28)26(4)5;1-17(2,3)24-16(23)22-10-8-9-13-11-14(12-21-15(13)22)20-25-18(4,5)19(6,7)26-20;1-23(2)17(25)12-27-11-13-6-15(9-21-8-13)16-7-14-4-3-5-24(19(20)26)18(14)22-10-16;1-22(2)17(23)12-24-11-13-6-15(9-19-8-13)16-7-14-4-3-5-20-18(14)21-10-16;1-13(2)10(14)7-15-6-8-3-9(11)5-12-4-8;7-6-1-5(4-9)2-8-3-6;1-6(2)4(7)3-5/h9-13H,6-8,14-15H2,1-5H3;11-12H,8-10H2,1-7H3;6-10H,3-5,11-12H2,1-2H3,(H2,20,26);6-10H,3-5,11-12H2,1-2H3,(H,20,21);3-5H,6-7H2,1-2H3;1-3,9H,4H2;3H2,1-2H3. The third-order valence-corrected chi connectivity index (χ3v) is 22.8. The number of pyridine rings is 9. The molecule has 4 N–H and O–H groups in total. The van der Waals surface area contributed by atoms with E-state index in [-0.39, 0.29) is 80.6 Å². The zero-order chi connectivity index (χ0) is 102. The number of anilines is 4. The zero-order valence-corrected chi connectivity index (χ0v) is 87.1. The lowest BCUT2D eigenvalue weighted by molar-refractivity contribution is -0.134. The van der Waals surface area contributed by atoms with Crippen LogP contribution in [0.3, 0.4) is 0 Å². The number of carbonyl (C=O) groups is 8. The van der Waals surface area contributed by atoms with E-state index in [4.69, 9.17) is 60.2 Å². The number of rotatable bonds is 22. The van der Waals surface area contributed by atoms with Gasteiger partial charge in [-0.15, -0.1) is 11.6 Å². The van der Waals surface area contributed by atoms with Crippen molar-refractivity contribution >= 4 is 127 Å². The van der Waals surface area contributed by atoms with Crippen LogP contribution in [0.15, 0.2) is 150 Å². The molecular weight excluding hydrogens is 1930 g/mol. The number of fused-ring (bicyclic) bond motifs is 4. The lowest BCUT2D eigenvalue weighted by Gasteiger charge is -2.32. The number of likely N-dealkylation sites (N-methyl/N-ethyl adjacent to an activating group) is 4. The molecule has 1 saturated heterocycles. The van der Waals surface area contributed by atoms with Gasteiger partial charge in [0.2, 0.25) is 29.5 Å². The summed E-state index contributed by atoms with van der Waals surface area (Å²) in [6.07, 6.45) is 30.9. The molecule has 0 unspecified atom stereocenters. The molecule has 0 saturated carbocycles. The number of carbonyl (C=O) groups excluding carboxylic acids is 8. The van der Waals surface area contributed by atoms with Gasteiger partial charge >= 0.3 is 25.3 Å². The highest BCUT2D eigenvalue weighted by atomic mass is 79.9. The molecule has 5 aliphatic heterocycles. The summed E-state index contributed by atoms with van der Waals surface area (Å²) >= 11 is 11.7. The Morgan fingerprint density at radius 2 is 0.741 bits per heavy atom. The largest absolute Gasteiger partial charge is 0.496 e. The topological polar surface area (TPSA) is 411 Å². The van der Waals surface area contributed by atoms with Crippen molar-refractivity contribution in [3.63, 3.8) is 0 Å². The number of aromatic nitrogens is 9. The van der Waals surface area contributed by atoms with Crippen LogP contribution < -0.4 is 31.2 Å². The van der Waals surface area contributed by atoms with E-state index >= 15 is 0 Å². The van der Waals surface area contributed by atoms with Crippen molar-refractivity contribution in [2.45, 2.75) is 176 Å². The molecule has 9 aromatic rings. The predicted molar refractivity (Wildman–Crippen MR) is 541 cm³/mol. The van der Waals surface area contributed by atoms with Crippen LogP contribution in [0.25, 0.3) is 33.4 Å². The molecule has 139 heavy (non-hydrogen) atoms. The van der Waals surface area contributed by atoms with Crippen molar-refractivity contribution in [3.8, 4) is 33.4 Å². The van der Waals surface area contributed by atoms with Gasteiger partial charge < -0.3 is 78.4 Å². The molecule has 9 amide bonds. The molecular formula is C99H131BBr2ClN19O17. The number of amides is 9. The second-order valence-corrected chi connectivity index (χ2v) is 39.2. The van der Waals surface area contributed by atoms with Gasteiger partial charge in [-0.1, -0.05) is 6.07 Å². The van der Waals surface area contributed by atoms with Crippen molar-refractivity contribution in [2.24, 2.45) is 5.73 Å². The molecule has 0 radical (unpaired) electrons. The highest BCUT2D eigenvalue weighted by molar-refractivity contribution is 9.10. The fourth-order valence-electron chi connectivity index (χ4n) is 13.5. The number of nitrogens with zero attached hydrogens (tertiary/aromatic N) is 17. The number of ether oxygens (including phenoxy) is 6. The molecule has 14 heterocycles. The summed E-state index contributed by atoms with van der Waals surface area (Å²) in [6.45, 7) is 23.7. The molecule has 0 spiro atoms. The van der Waals surface area contributed by atoms with E-state index < -0.39 is 35.6 Å². The maximum atomic E-state index is 12.6. The summed E-state index contributed by atoms with van der Waals surface area (Å²) in [5.74, 6) is 2.70. The average molecular weight is 2070 g/mol. The summed E-state index contributed by atoms with van der Waals surface area (Å²) < 4.78 is 46.7. The lowest BCUT2D eigenvalue weighted by atomic mass is 9.79. The summed E-state index contributed by atoms with van der Waals surface area (Å²) in [6, 6.07) is 17.5. The number of nitrogens with two attached hydrogens (primary N) is 1. The van der Waals surface area contributed by atoms with Gasteiger partial charge in [0.1, 0.15) is 66.8 Å². The van der Waals surface area contributed by atoms with Gasteiger partial charge in [0.05, 0.1) is 44.2 Å². The summed E-state index contributed by atoms with van der Waals surface area (Å²) in [5, 5.41) is 11.9. The Morgan fingerprint density at radius 3 is 1.09 bits per heavy atom. The Kier molecular flexibility index (Phi) is 43.5. The molecule has 0 aliphatic carbocycles. The van der Waals surface area contributed by atoms with Crippen LogP contribution in [0.1, 0.15) is 145 Å². The smallest absolute Gasteiger partial charge is 0.443 e. The van der Waals surface area contributed by atoms with Gasteiger partial charge in [-0.05, 0) is 251 Å². The number of aliphatic hydroxyl groups is 1. The second kappa shape index (κ2) is 53.7. The lowest BCUT2D eigenvalue weighted by Crippen LogP contribution is -2.42. The van der Waals surface area contributed by atoms with Crippen LogP contribution in [0.5, 0.6) is 0 Å². The first-order chi connectivity index (χ1) is 65.7. The first kappa shape index (κ1) is 113. The van der Waals surface area contributed by atoms with E-state index in [1.54, 1.807) is 155 Å². The number of alkyl halides is 1. The second-order valence-electron chi connectivity index (χ2n) is 37.1. The first-order valence-corrected chi connectivity index (χ1v) is 47.5. The fraction of sp³-hybridized carbons (Fsp3) is 0.465. The molecule has 9 aromatic heterocycles. The van der Waals surface area contributed by atoms with Gasteiger partial charge in [0.25, 0.3) is 0 Å². The summed E-state index contributed by atoms with van der Waals surface area (Å²) in [7, 11) is 16.5. The summed E-state index contributed by atoms with van der Waals surface area (Å²) in [4.78, 5) is 144. The SMILES string of the molecule is CC(C)(C)OC(=O)N1CCCc2cc(B3OC(C)(C)C(C)(C)O3)cnc21.CN(C)C(=O)CCl.CN(C)C(=O)COCc1cncc(-c2cnc3c(c2)CCCN3)c1.CN(C)C(=O)COCc1cncc(-c2cnc3c(c2)CCCN3C(=O)OC(C)(C)C)c1.CN(C)C(=O)COCc1cncc(-c2cnc3c(c2)CCCN3C(N)=O)c1.CN(C)C(=O)COCc1cncc(Br)c1.OCc1cncc(Br)c1. The van der Waals surface area contributed by atoms with Crippen molar-refractivity contribution in [3.05, 3.63) is 200 Å². The number of halogens is 3. The number of primary amides is 1. The highest BCUT2D eigenvalue weighted by Crippen LogP contribution is 2.38. The van der Waals surface area contributed by atoms with Crippen molar-refractivity contribution in [1.29, 1.82) is 0 Å². The zero-order valence-electron chi connectivity index (χ0n) is 83.2. The van der Waals surface area contributed by atoms with Crippen molar-refractivity contribution in [2.75, 3.05) is 149 Å². The Labute approximate surface area is 836 Å². The van der Waals surface area contributed by atoms with Gasteiger partial charge in [0.15, 0.2) is 0 Å². The molecule has 40 heteroatoms. The van der Waals surface area contributed by atoms with E-state index in [0.29, 0.717) is 63.5 Å². The predicted octanol–water partition coefficient (Wildman–Crippen LogP) is 13.3. The van der Waals surface area contributed by atoms with Gasteiger partial charge in [-0.3, -0.25) is 63.6 Å². The number of hydrogen-bond acceptors (Lipinski definition) is 27.